The number of ether oxygens (including phenoxy) is 2. The molecular formula is C20H27N3O3. The van der Waals surface area contributed by atoms with Gasteiger partial charge in [-0.25, -0.2) is 4.79 Å². The average molecular weight is 357 g/mol. The summed E-state index contributed by atoms with van der Waals surface area (Å²) in [7, 11) is 3.13. The maximum absolute atomic E-state index is 12.4. The molecule has 0 aliphatic carbocycles. The zero-order valence-corrected chi connectivity index (χ0v) is 16.1. The van der Waals surface area contributed by atoms with Crippen molar-refractivity contribution < 1.29 is 14.3 Å². The molecule has 0 saturated heterocycles. The Morgan fingerprint density at radius 2 is 1.62 bits per heavy atom. The monoisotopic (exact) mass is 357 g/mol. The van der Waals surface area contributed by atoms with Crippen molar-refractivity contribution >= 4 is 23.1 Å². The van der Waals surface area contributed by atoms with E-state index in [1.54, 1.807) is 32.4 Å². The number of nitrogens with zero attached hydrogens (tertiary/aromatic N) is 1. The Kier molecular flexibility index (Phi) is 6.72. The quantitative estimate of drug-likeness (QED) is 0.766. The van der Waals surface area contributed by atoms with E-state index in [0.29, 0.717) is 17.2 Å². The number of rotatable bonds is 7. The summed E-state index contributed by atoms with van der Waals surface area (Å²) in [6, 6.07) is 10.9. The Bertz CT molecular complexity index is 758. The van der Waals surface area contributed by atoms with Gasteiger partial charge in [-0.3, -0.25) is 0 Å². The highest BCUT2D eigenvalue weighted by Gasteiger charge is 2.11. The van der Waals surface area contributed by atoms with E-state index in [1.807, 2.05) is 19.1 Å². The molecule has 0 aliphatic rings. The smallest absolute Gasteiger partial charge is 0.323 e. The fourth-order valence-corrected chi connectivity index (χ4v) is 2.75. The molecule has 6 heteroatoms. The van der Waals surface area contributed by atoms with Crippen molar-refractivity contribution in [2.24, 2.45) is 0 Å². The number of anilines is 3. The molecule has 140 valence electrons. The molecule has 0 spiro atoms. The van der Waals surface area contributed by atoms with E-state index in [2.05, 4.69) is 35.4 Å². The molecule has 2 amide bonds. The number of carbonyl (C=O) groups excluding carboxylic acids is 1. The molecular weight excluding hydrogens is 330 g/mol. The van der Waals surface area contributed by atoms with Crippen LogP contribution < -0.4 is 25.0 Å². The predicted molar refractivity (Wildman–Crippen MR) is 107 cm³/mol. The summed E-state index contributed by atoms with van der Waals surface area (Å²) in [5.41, 5.74) is 3.50. The molecule has 0 bridgehead atoms. The lowest BCUT2D eigenvalue weighted by Crippen LogP contribution is -2.23. The number of hydrogen-bond acceptors (Lipinski definition) is 4. The van der Waals surface area contributed by atoms with E-state index in [4.69, 9.17) is 9.47 Å². The number of amides is 2. The Balaban J connectivity index is 2.11. The van der Waals surface area contributed by atoms with Crippen LogP contribution in [0.25, 0.3) is 0 Å². The van der Waals surface area contributed by atoms with Crippen LogP contribution in [0.15, 0.2) is 36.4 Å². The van der Waals surface area contributed by atoms with Gasteiger partial charge in [0.2, 0.25) is 0 Å². The molecule has 0 unspecified atom stereocenters. The number of urea groups is 1. The van der Waals surface area contributed by atoms with Gasteiger partial charge in [0.25, 0.3) is 0 Å². The Labute approximate surface area is 155 Å². The summed E-state index contributed by atoms with van der Waals surface area (Å²) in [6.07, 6.45) is 0. The fraction of sp³-hybridized carbons (Fsp3) is 0.350. The van der Waals surface area contributed by atoms with Gasteiger partial charge in [0.1, 0.15) is 11.5 Å². The maximum Gasteiger partial charge on any atom is 0.323 e. The van der Waals surface area contributed by atoms with Crippen molar-refractivity contribution in [1.29, 1.82) is 0 Å². The van der Waals surface area contributed by atoms with E-state index in [-0.39, 0.29) is 6.03 Å². The van der Waals surface area contributed by atoms with Crippen LogP contribution in [0.5, 0.6) is 11.5 Å². The number of aryl methyl sites for hydroxylation is 1. The SMILES string of the molecule is CCN(CC)c1ccc(NC(=O)Nc2ccc(OC)cc2OC)c(C)c1. The first-order chi connectivity index (χ1) is 12.5. The lowest BCUT2D eigenvalue weighted by atomic mass is 10.1. The average Bonchev–Trinajstić information content (AvgIpc) is 2.65. The zero-order chi connectivity index (χ0) is 19.1. The molecule has 2 N–H and O–H groups in total. The fourth-order valence-electron chi connectivity index (χ4n) is 2.75. The second-order valence-corrected chi connectivity index (χ2v) is 5.82. The highest BCUT2D eigenvalue weighted by molar-refractivity contribution is 6.01. The normalized spacial score (nSPS) is 10.2. The van der Waals surface area contributed by atoms with Crippen molar-refractivity contribution in [1.82, 2.24) is 0 Å². The number of nitrogens with one attached hydrogen (secondary N) is 2. The third kappa shape index (κ3) is 4.59. The molecule has 0 radical (unpaired) electrons. The van der Waals surface area contributed by atoms with Gasteiger partial charge >= 0.3 is 6.03 Å². The lowest BCUT2D eigenvalue weighted by Gasteiger charge is -2.22. The van der Waals surface area contributed by atoms with Crippen LogP contribution in [0.3, 0.4) is 0 Å². The predicted octanol–water partition coefficient (Wildman–Crippen LogP) is 4.50. The minimum Gasteiger partial charge on any atom is -0.497 e. The van der Waals surface area contributed by atoms with Gasteiger partial charge in [0, 0.05) is 30.5 Å². The zero-order valence-electron chi connectivity index (χ0n) is 16.1. The van der Waals surface area contributed by atoms with Crippen molar-refractivity contribution in [3.8, 4) is 11.5 Å². The minimum atomic E-state index is -0.327. The van der Waals surface area contributed by atoms with E-state index in [9.17, 15) is 4.79 Å². The van der Waals surface area contributed by atoms with Crippen molar-refractivity contribution in [2.45, 2.75) is 20.8 Å². The first-order valence-electron chi connectivity index (χ1n) is 8.68. The molecule has 0 fully saturated rings. The topological polar surface area (TPSA) is 62.8 Å². The number of carbonyl (C=O) groups is 1. The largest absolute Gasteiger partial charge is 0.497 e. The van der Waals surface area contributed by atoms with Gasteiger partial charge in [-0.15, -0.1) is 0 Å². The molecule has 0 heterocycles. The number of methoxy groups -OCH3 is 2. The van der Waals surface area contributed by atoms with Crippen LogP contribution in [0, 0.1) is 6.92 Å². The molecule has 6 nitrogen and oxygen atoms in total. The standard InChI is InChI=1S/C20H27N3O3/c1-6-23(7-2)15-8-10-17(14(3)12-15)21-20(24)22-18-11-9-16(25-4)13-19(18)26-5/h8-13H,6-7H2,1-5H3,(H2,21,22,24). The van der Waals surface area contributed by atoms with Crippen molar-refractivity contribution in [3.63, 3.8) is 0 Å². The minimum absolute atomic E-state index is 0.327. The van der Waals surface area contributed by atoms with Gasteiger partial charge in [-0.2, -0.15) is 0 Å². The summed E-state index contributed by atoms with van der Waals surface area (Å²) in [5, 5.41) is 5.69. The van der Waals surface area contributed by atoms with Crippen LogP contribution in [-0.2, 0) is 0 Å². The van der Waals surface area contributed by atoms with Crippen molar-refractivity contribution in [3.05, 3.63) is 42.0 Å². The summed E-state index contributed by atoms with van der Waals surface area (Å²) in [4.78, 5) is 14.6. The van der Waals surface area contributed by atoms with Gasteiger partial charge < -0.3 is 25.0 Å². The van der Waals surface area contributed by atoms with E-state index in [0.717, 1.165) is 30.0 Å². The van der Waals surface area contributed by atoms with E-state index >= 15 is 0 Å². The Morgan fingerprint density at radius 1 is 0.962 bits per heavy atom. The molecule has 0 atom stereocenters. The molecule has 26 heavy (non-hydrogen) atoms. The molecule has 0 aromatic heterocycles. The van der Waals surface area contributed by atoms with Gasteiger partial charge in [0.15, 0.2) is 0 Å². The van der Waals surface area contributed by atoms with E-state index < -0.39 is 0 Å². The summed E-state index contributed by atoms with van der Waals surface area (Å²) in [5.74, 6) is 1.20. The Hall–Kier alpha value is -2.89. The molecule has 2 aromatic carbocycles. The lowest BCUT2D eigenvalue weighted by molar-refractivity contribution is 0.262. The number of benzene rings is 2. The molecule has 0 saturated carbocycles. The first kappa shape index (κ1) is 19.4. The molecule has 2 rings (SSSR count). The number of hydrogen-bond donors (Lipinski definition) is 2. The van der Waals surface area contributed by atoms with Crippen LogP contribution >= 0.6 is 0 Å². The highest BCUT2D eigenvalue weighted by Crippen LogP contribution is 2.29. The summed E-state index contributed by atoms with van der Waals surface area (Å²) < 4.78 is 10.5. The highest BCUT2D eigenvalue weighted by atomic mass is 16.5. The van der Waals surface area contributed by atoms with Gasteiger partial charge in [-0.05, 0) is 56.7 Å². The second-order valence-electron chi connectivity index (χ2n) is 5.82. The van der Waals surface area contributed by atoms with E-state index in [1.165, 1.54) is 0 Å². The molecule has 0 aliphatic heterocycles. The van der Waals surface area contributed by atoms with Crippen LogP contribution in [0.4, 0.5) is 21.9 Å². The third-order valence-electron chi connectivity index (χ3n) is 4.24. The summed E-state index contributed by atoms with van der Waals surface area (Å²) >= 11 is 0. The maximum atomic E-state index is 12.4. The van der Waals surface area contributed by atoms with Crippen LogP contribution in [0.1, 0.15) is 19.4 Å². The van der Waals surface area contributed by atoms with Crippen LogP contribution in [0.2, 0.25) is 0 Å². The van der Waals surface area contributed by atoms with Gasteiger partial charge in [-0.1, -0.05) is 0 Å². The molecule has 2 aromatic rings. The Morgan fingerprint density at radius 3 is 2.19 bits per heavy atom. The third-order valence-corrected chi connectivity index (χ3v) is 4.24. The van der Waals surface area contributed by atoms with Crippen LogP contribution in [-0.4, -0.2) is 33.3 Å². The summed E-state index contributed by atoms with van der Waals surface area (Å²) in [6.45, 7) is 8.12. The van der Waals surface area contributed by atoms with Crippen molar-refractivity contribution in [2.75, 3.05) is 42.8 Å². The second kappa shape index (κ2) is 8.99. The first-order valence-corrected chi connectivity index (χ1v) is 8.68. The van der Waals surface area contributed by atoms with Gasteiger partial charge in [0.05, 0.1) is 19.9 Å².